The molecule has 7 nitrogen and oxygen atoms in total. The average Bonchev–Trinajstić information content (AvgIpc) is 3.07. The Kier molecular flexibility index (Phi) is 7.21. The first-order valence-corrected chi connectivity index (χ1v) is 10.9. The molecule has 0 bridgehead atoms. The van der Waals surface area contributed by atoms with Gasteiger partial charge in [-0.25, -0.2) is 8.42 Å². The predicted octanol–water partition coefficient (Wildman–Crippen LogP) is 1.04. The van der Waals surface area contributed by atoms with Crippen LogP contribution in [0.4, 0.5) is 0 Å². The highest BCUT2D eigenvalue weighted by molar-refractivity contribution is 7.99. The number of hydrogen-bond donors (Lipinski definition) is 3. The number of rotatable bonds is 4. The Bertz CT molecular complexity index is 689. The van der Waals surface area contributed by atoms with Crippen LogP contribution in [0.15, 0.2) is 17.2 Å². The molecule has 0 aromatic carbocycles. The Labute approximate surface area is 159 Å². The van der Waals surface area contributed by atoms with Gasteiger partial charge in [0.25, 0.3) is 5.91 Å². The first-order valence-electron chi connectivity index (χ1n) is 8.27. The van der Waals surface area contributed by atoms with Gasteiger partial charge in [-0.1, -0.05) is 0 Å². The molecular formula is C15H25ClN4O3S2. The number of carbonyl (C=O) groups excluding carboxylic acids is 1. The summed E-state index contributed by atoms with van der Waals surface area (Å²) in [6.07, 6.45) is 3.17. The van der Waals surface area contributed by atoms with Crippen LogP contribution in [0, 0.1) is 0 Å². The van der Waals surface area contributed by atoms with Crippen molar-refractivity contribution in [3.8, 4) is 0 Å². The fourth-order valence-electron chi connectivity index (χ4n) is 3.12. The van der Waals surface area contributed by atoms with Crippen LogP contribution in [0.2, 0.25) is 0 Å². The molecule has 1 amide bonds. The molecule has 2 aliphatic rings. The van der Waals surface area contributed by atoms with Gasteiger partial charge in [0.2, 0.25) is 10.0 Å². The summed E-state index contributed by atoms with van der Waals surface area (Å²) in [7, 11) is -3.52. The predicted molar refractivity (Wildman–Crippen MR) is 102 cm³/mol. The van der Waals surface area contributed by atoms with Crippen LogP contribution in [-0.4, -0.2) is 66.8 Å². The molecule has 2 aliphatic heterocycles. The summed E-state index contributed by atoms with van der Waals surface area (Å²) >= 11 is 1.76. The number of aromatic nitrogens is 1. The minimum atomic E-state index is -3.52. The van der Waals surface area contributed by atoms with Crippen molar-refractivity contribution in [2.45, 2.75) is 36.7 Å². The fraction of sp³-hybridized carbons (Fsp3) is 0.667. The lowest BCUT2D eigenvalue weighted by Crippen LogP contribution is -2.46. The molecule has 3 N–H and O–H groups in total. The van der Waals surface area contributed by atoms with Crippen LogP contribution in [0.5, 0.6) is 0 Å². The van der Waals surface area contributed by atoms with Crippen LogP contribution >= 0.6 is 24.2 Å². The molecule has 2 unspecified atom stereocenters. The Morgan fingerprint density at radius 3 is 2.76 bits per heavy atom. The molecule has 0 aliphatic carbocycles. The summed E-state index contributed by atoms with van der Waals surface area (Å²) in [5.74, 6) is 1.38. The second-order valence-electron chi connectivity index (χ2n) is 6.32. The number of amides is 1. The first kappa shape index (κ1) is 20.6. The van der Waals surface area contributed by atoms with E-state index in [-0.39, 0.29) is 29.3 Å². The van der Waals surface area contributed by atoms with Gasteiger partial charge < -0.3 is 15.6 Å². The van der Waals surface area contributed by atoms with Gasteiger partial charge >= 0.3 is 0 Å². The SMILES string of the molecule is CC1CC(NC(=O)c2cc(S(=O)(=O)N3CCSCC3)c[nH]2)CCN1.Cl. The van der Waals surface area contributed by atoms with Crippen molar-refractivity contribution in [2.75, 3.05) is 31.1 Å². The summed E-state index contributed by atoms with van der Waals surface area (Å²) in [5, 5.41) is 6.33. The minimum Gasteiger partial charge on any atom is -0.356 e. The van der Waals surface area contributed by atoms with Crippen LogP contribution in [0.1, 0.15) is 30.3 Å². The standard InChI is InChI=1S/C15H24N4O3S2.ClH/c1-11-8-12(2-3-16-11)18-15(20)14-9-13(10-17-14)24(21,22)19-4-6-23-7-5-19;/h9-12,16-17H,2-8H2,1H3,(H,18,20);1H. The van der Waals surface area contributed by atoms with Crippen molar-refractivity contribution in [3.63, 3.8) is 0 Å². The third-order valence-corrected chi connectivity index (χ3v) is 7.29. The smallest absolute Gasteiger partial charge is 0.267 e. The maximum Gasteiger partial charge on any atom is 0.267 e. The van der Waals surface area contributed by atoms with Gasteiger partial charge in [-0.3, -0.25) is 4.79 Å². The van der Waals surface area contributed by atoms with Gasteiger partial charge in [0.1, 0.15) is 10.6 Å². The van der Waals surface area contributed by atoms with Gasteiger partial charge in [-0.05, 0) is 32.4 Å². The molecule has 3 heterocycles. The summed E-state index contributed by atoms with van der Waals surface area (Å²) in [6.45, 7) is 4.01. The molecule has 0 spiro atoms. The Morgan fingerprint density at radius 1 is 1.36 bits per heavy atom. The topological polar surface area (TPSA) is 94.3 Å². The molecule has 1 aromatic rings. The third kappa shape index (κ3) is 4.91. The van der Waals surface area contributed by atoms with Gasteiger partial charge in [-0.15, -0.1) is 12.4 Å². The molecule has 1 aromatic heterocycles. The molecule has 142 valence electrons. The summed E-state index contributed by atoms with van der Waals surface area (Å²) in [5.41, 5.74) is 0.297. The highest BCUT2D eigenvalue weighted by atomic mass is 35.5. The number of H-pyrrole nitrogens is 1. The molecule has 3 rings (SSSR count). The van der Waals surface area contributed by atoms with E-state index in [4.69, 9.17) is 0 Å². The average molecular weight is 409 g/mol. The van der Waals surface area contributed by atoms with E-state index in [0.717, 1.165) is 30.9 Å². The van der Waals surface area contributed by atoms with Crippen molar-refractivity contribution in [2.24, 2.45) is 0 Å². The summed E-state index contributed by atoms with van der Waals surface area (Å²) in [6, 6.07) is 1.94. The van der Waals surface area contributed by atoms with Crippen molar-refractivity contribution >= 4 is 40.1 Å². The zero-order valence-electron chi connectivity index (χ0n) is 14.2. The number of thioether (sulfide) groups is 1. The molecule has 0 radical (unpaired) electrons. The number of aromatic amines is 1. The summed E-state index contributed by atoms with van der Waals surface area (Å²) < 4.78 is 26.7. The van der Waals surface area contributed by atoms with E-state index in [1.807, 2.05) is 0 Å². The number of halogens is 1. The zero-order chi connectivity index (χ0) is 17.2. The molecular weight excluding hydrogens is 384 g/mol. The molecule has 2 atom stereocenters. The molecule has 2 saturated heterocycles. The highest BCUT2D eigenvalue weighted by Gasteiger charge is 2.28. The lowest BCUT2D eigenvalue weighted by Gasteiger charge is -2.28. The number of nitrogens with zero attached hydrogens (tertiary/aromatic N) is 1. The molecule has 0 saturated carbocycles. The normalized spacial score (nSPS) is 25.2. The maximum atomic E-state index is 12.6. The number of piperidine rings is 1. The van der Waals surface area contributed by atoms with Crippen LogP contribution in [-0.2, 0) is 10.0 Å². The number of hydrogen-bond acceptors (Lipinski definition) is 5. The van der Waals surface area contributed by atoms with E-state index in [0.29, 0.717) is 24.8 Å². The van der Waals surface area contributed by atoms with Crippen molar-refractivity contribution < 1.29 is 13.2 Å². The minimum absolute atomic E-state index is 0. The number of sulfonamides is 1. The van der Waals surface area contributed by atoms with Crippen molar-refractivity contribution in [1.29, 1.82) is 0 Å². The second kappa shape index (κ2) is 8.77. The van der Waals surface area contributed by atoms with Crippen LogP contribution in [0.3, 0.4) is 0 Å². The maximum absolute atomic E-state index is 12.6. The largest absolute Gasteiger partial charge is 0.356 e. The van der Waals surface area contributed by atoms with Crippen molar-refractivity contribution in [1.82, 2.24) is 19.9 Å². The monoisotopic (exact) mass is 408 g/mol. The lowest BCUT2D eigenvalue weighted by molar-refractivity contribution is 0.0921. The highest BCUT2D eigenvalue weighted by Crippen LogP contribution is 2.21. The zero-order valence-corrected chi connectivity index (χ0v) is 16.6. The van der Waals surface area contributed by atoms with Crippen molar-refractivity contribution in [3.05, 3.63) is 18.0 Å². The molecule has 10 heteroatoms. The second-order valence-corrected chi connectivity index (χ2v) is 9.48. The number of carbonyl (C=O) groups is 1. The van der Waals surface area contributed by atoms with E-state index in [1.165, 1.54) is 16.6 Å². The van der Waals surface area contributed by atoms with E-state index in [1.54, 1.807) is 11.8 Å². The third-order valence-electron chi connectivity index (χ3n) is 4.47. The molecule has 2 fully saturated rings. The van der Waals surface area contributed by atoms with Gasteiger partial charge in [-0.2, -0.15) is 16.1 Å². The van der Waals surface area contributed by atoms with Gasteiger partial charge in [0.05, 0.1) is 0 Å². The van der Waals surface area contributed by atoms with Gasteiger partial charge in [0, 0.05) is 42.9 Å². The van der Waals surface area contributed by atoms with Crippen LogP contribution < -0.4 is 10.6 Å². The first-order chi connectivity index (χ1) is 11.5. The van der Waals surface area contributed by atoms with E-state index < -0.39 is 10.0 Å². The fourth-order valence-corrected chi connectivity index (χ4v) is 5.69. The number of nitrogens with one attached hydrogen (secondary N) is 3. The Balaban J connectivity index is 0.00000225. The van der Waals surface area contributed by atoms with Gasteiger partial charge in [0.15, 0.2) is 0 Å². The quantitative estimate of drug-likeness (QED) is 0.692. The Hall–Kier alpha value is -0.740. The summed E-state index contributed by atoms with van der Waals surface area (Å²) in [4.78, 5) is 15.3. The van der Waals surface area contributed by atoms with E-state index in [9.17, 15) is 13.2 Å². The van der Waals surface area contributed by atoms with Crippen LogP contribution in [0.25, 0.3) is 0 Å². The van der Waals surface area contributed by atoms with E-state index >= 15 is 0 Å². The Morgan fingerprint density at radius 2 is 2.08 bits per heavy atom. The molecule has 25 heavy (non-hydrogen) atoms. The van der Waals surface area contributed by atoms with E-state index in [2.05, 4.69) is 22.5 Å². The lowest BCUT2D eigenvalue weighted by atomic mass is 10.0.